The number of piperidine rings is 1. The van der Waals surface area contributed by atoms with E-state index in [1.165, 1.54) is 64.5 Å². The Labute approximate surface area is 146 Å². The van der Waals surface area contributed by atoms with Crippen LogP contribution < -0.4 is 5.32 Å². The molecule has 3 fully saturated rings. The quantitative estimate of drug-likeness (QED) is 0.780. The number of rotatable bonds is 6. The van der Waals surface area contributed by atoms with Gasteiger partial charge in [0.1, 0.15) is 0 Å². The Morgan fingerprint density at radius 1 is 1.08 bits per heavy atom. The fraction of sp³-hybridized carbons (Fsp3) is 0.895. The minimum absolute atomic E-state index is 0.145. The first-order chi connectivity index (χ1) is 11.7. The number of aliphatic carboxylic acids is 1. The van der Waals surface area contributed by atoms with E-state index in [0.717, 1.165) is 31.5 Å². The van der Waals surface area contributed by atoms with Crippen LogP contribution in [0.2, 0.25) is 0 Å². The lowest BCUT2D eigenvalue weighted by molar-refractivity contribution is -0.138. The van der Waals surface area contributed by atoms with E-state index in [2.05, 4.69) is 10.2 Å². The summed E-state index contributed by atoms with van der Waals surface area (Å²) in [6.07, 6.45) is 12.1. The molecule has 3 aliphatic rings. The van der Waals surface area contributed by atoms with E-state index in [9.17, 15) is 4.79 Å². The second-order valence-electron chi connectivity index (χ2n) is 7.91. The first kappa shape index (κ1) is 18.2. The number of hydrogen-bond acceptors (Lipinski definition) is 4. The molecular weight excluding hydrogens is 302 g/mol. The van der Waals surface area contributed by atoms with Crippen molar-refractivity contribution >= 4 is 5.97 Å². The molecule has 1 saturated carbocycles. The van der Waals surface area contributed by atoms with Crippen LogP contribution in [0, 0.1) is 12.5 Å². The van der Waals surface area contributed by atoms with Gasteiger partial charge in [0, 0.05) is 31.7 Å². The van der Waals surface area contributed by atoms with Gasteiger partial charge < -0.3 is 15.3 Å². The van der Waals surface area contributed by atoms with Gasteiger partial charge in [-0.3, -0.25) is 9.69 Å². The molecule has 1 atom stereocenters. The monoisotopic (exact) mass is 336 g/mol. The van der Waals surface area contributed by atoms with E-state index in [0.29, 0.717) is 6.04 Å². The van der Waals surface area contributed by atoms with Crippen LogP contribution in [0.4, 0.5) is 0 Å². The largest absolute Gasteiger partial charge is 0.480 e. The zero-order chi connectivity index (χ0) is 16.8. The highest BCUT2D eigenvalue weighted by Gasteiger charge is 2.28. The van der Waals surface area contributed by atoms with Crippen molar-refractivity contribution < 1.29 is 9.90 Å². The molecular formula is C19H34N3O2. The summed E-state index contributed by atoms with van der Waals surface area (Å²) in [4.78, 5) is 15.8. The molecule has 2 saturated heterocycles. The van der Waals surface area contributed by atoms with Crippen molar-refractivity contribution in [1.29, 1.82) is 0 Å². The molecule has 2 heterocycles. The summed E-state index contributed by atoms with van der Waals surface area (Å²) in [6.45, 7) is 6.45. The van der Waals surface area contributed by atoms with Gasteiger partial charge in [-0.05, 0) is 57.5 Å². The number of nitrogens with one attached hydrogen (secondary N) is 1. The van der Waals surface area contributed by atoms with E-state index >= 15 is 0 Å². The van der Waals surface area contributed by atoms with Gasteiger partial charge in [0.05, 0.1) is 6.54 Å². The first-order valence-corrected chi connectivity index (χ1v) is 9.98. The van der Waals surface area contributed by atoms with Crippen molar-refractivity contribution in [3.63, 3.8) is 0 Å². The summed E-state index contributed by atoms with van der Waals surface area (Å²) in [5.41, 5.74) is 0. The fourth-order valence-corrected chi connectivity index (χ4v) is 4.80. The summed E-state index contributed by atoms with van der Waals surface area (Å²) >= 11 is 0. The maximum Gasteiger partial charge on any atom is 0.317 e. The second kappa shape index (κ2) is 9.16. The fourth-order valence-electron chi connectivity index (χ4n) is 4.80. The van der Waals surface area contributed by atoms with Crippen LogP contribution in [0.3, 0.4) is 0 Å². The number of carboxylic acid groups (broad SMARTS) is 1. The van der Waals surface area contributed by atoms with Crippen LogP contribution in [0.15, 0.2) is 0 Å². The molecule has 0 amide bonds. The minimum Gasteiger partial charge on any atom is -0.480 e. The average Bonchev–Trinajstić information content (AvgIpc) is 2.62. The van der Waals surface area contributed by atoms with Crippen molar-refractivity contribution in [3.05, 3.63) is 6.54 Å². The van der Waals surface area contributed by atoms with Gasteiger partial charge in [0.2, 0.25) is 0 Å². The molecule has 1 radical (unpaired) electrons. The van der Waals surface area contributed by atoms with Gasteiger partial charge in [-0.1, -0.05) is 19.3 Å². The predicted molar refractivity (Wildman–Crippen MR) is 95.7 cm³/mol. The predicted octanol–water partition coefficient (Wildman–Crippen LogP) is 2.33. The van der Waals surface area contributed by atoms with Crippen molar-refractivity contribution in [1.82, 2.24) is 15.1 Å². The summed E-state index contributed by atoms with van der Waals surface area (Å²) < 4.78 is 0. The summed E-state index contributed by atoms with van der Waals surface area (Å²) in [5.74, 6) is 0.109. The summed E-state index contributed by atoms with van der Waals surface area (Å²) in [5, 5.41) is 12.4. The van der Waals surface area contributed by atoms with Gasteiger partial charge in [-0.15, -0.1) is 0 Å². The van der Waals surface area contributed by atoms with Crippen molar-refractivity contribution in [2.45, 2.75) is 69.9 Å². The lowest BCUT2D eigenvalue weighted by atomic mass is 9.87. The minimum atomic E-state index is -0.723. The molecule has 1 unspecified atom stereocenters. The van der Waals surface area contributed by atoms with Crippen LogP contribution in [0.5, 0.6) is 0 Å². The highest BCUT2D eigenvalue weighted by molar-refractivity contribution is 5.69. The molecule has 0 aromatic heterocycles. The maximum atomic E-state index is 11.0. The smallest absolute Gasteiger partial charge is 0.317 e. The number of carbonyl (C=O) groups is 1. The molecule has 137 valence electrons. The van der Waals surface area contributed by atoms with Gasteiger partial charge >= 0.3 is 5.97 Å². The Balaban J connectivity index is 1.38. The third-order valence-corrected chi connectivity index (χ3v) is 6.29. The van der Waals surface area contributed by atoms with Crippen molar-refractivity contribution in [2.75, 3.05) is 32.7 Å². The topological polar surface area (TPSA) is 55.8 Å². The molecule has 0 aromatic rings. The average molecular weight is 337 g/mol. The molecule has 1 aliphatic carbocycles. The van der Waals surface area contributed by atoms with Gasteiger partial charge in [-0.25, -0.2) is 0 Å². The standard InChI is InChI=1S/C19H34N3O2/c23-19(24)15-22-13-10-20-14-18(22)7-6-16-8-11-21(12-9-16)17-4-2-1-3-5-17/h13,16-18,20H,1-12,14-15H2,(H,23,24). The van der Waals surface area contributed by atoms with E-state index in [1.54, 1.807) is 0 Å². The van der Waals surface area contributed by atoms with E-state index in [4.69, 9.17) is 5.11 Å². The Hall–Kier alpha value is -0.650. The highest BCUT2D eigenvalue weighted by atomic mass is 16.4. The number of hydrogen-bond donors (Lipinski definition) is 2. The molecule has 0 bridgehead atoms. The molecule has 2 N–H and O–H groups in total. The zero-order valence-electron chi connectivity index (χ0n) is 15.0. The molecule has 0 spiro atoms. The molecule has 2 aliphatic heterocycles. The molecule has 24 heavy (non-hydrogen) atoms. The summed E-state index contributed by atoms with van der Waals surface area (Å²) in [6, 6.07) is 1.22. The Morgan fingerprint density at radius 3 is 2.54 bits per heavy atom. The van der Waals surface area contributed by atoms with Gasteiger partial charge in [0.25, 0.3) is 0 Å². The second-order valence-corrected chi connectivity index (χ2v) is 7.91. The molecule has 5 heteroatoms. The van der Waals surface area contributed by atoms with Crippen LogP contribution in [-0.2, 0) is 4.79 Å². The van der Waals surface area contributed by atoms with E-state index in [1.807, 2.05) is 11.4 Å². The number of nitrogens with zero attached hydrogens (tertiary/aromatic N) is 2. The van der Waals surface area contributed by atoms with E-state index in [-0.39, 0.29) is 6.54 Å². The van der Waals surface area contributed by atoms with Crippen molar-refractivity contribution in [2.24, 2.45) is 5.92 Å². The number of likely N-dealkylation sites (tertiary alicyclic amines) is 1. The lowest BCUT2D eigenvalue weighted by Crippen LogP contribution is -2.50. The third-order valence-electron chi connectivity index (χ3n) is 6.29. The molecule has 0 aromatic carbocycles. The van der Waals surface area contributed by atoms with Gasteiger partial charge in [0.15, 0.2) is 0 Å². The highest BCUT2D eigenvalue weighted by Crippen LogP contribution is 2.29. The lowest BCUT2D eigenvalue weighted by Gasteiger charge is -2.40. The third kappa shape index (κ3) is 5.17. The van der Waals surface area contributed by atoms with Crippen LogP contribution in [0.25, 0.3) is 0 Å². The Morgan fingerprint density at radius 2 is 1.83 bits per heavy atom. The Bertz CT molecular complexity index is 390. The van der Waals surface area contributed by atoms with Crippen LogP contribution in [-0.4, -0.2) is 65.7 Å². The first-order valence-electron chi connectivity index (χ1n) is 9.98. The normalized spacial score (nSPS) is 28.9. The van der Waals surface area contributed by atoms with Gasteiger partial charge in [-0.2, -0.15) is 0 Å². The van der Waals surface area contributed by atoms with Crippen molar-refractivity contribution in [3.8, 4) is 0 Å². The van der Waals surface area contributed by atoms with Crippen LogP contribution in [0.1, 0.15) is 57.8 Å². The van der Waals surface area contributed by atoms with E-state index < -0.39 is 5.97 Å². The Kier molecular flexibility index (Phi) is 6.93. The zero-order valence-corrected chi connectivity index (χ0v) is 15.0. The number of piperazine rings is 1. The summed E-state index contributed by atoms with van der Waals surface area (Å²) in [7, 11) is 0. The molecule has 5 nitrogen and oxygen atoms in total. The number of carboxylic acids is 1. The molecule has 3 rings (SSSR count). The maximum absolute atomic E-state index is 11.0. The SMILES string of the molecule is O=C(O)CN1[CH]CNCC1CCC1CCN(C2CCCCC2)CC1. The van der Waals surface area contributed by atoms with Crippen LogP contribution >= 0.6 is 0 Å².